The minimum Gasteiger partial charge on any atom is -0.330 e. The van der Waals surface area contributed by atoms with E-state index in [-0.39, 0.29) is 5.54 Å². The number of nitrogens with zero attached hydrogens (tertiary/aromatic N) is 2. The lowest BCUT2D eigenvalue weighted by atomic mass is 10.1. The molecule has 0 aliphatic carbocycles. The molecule has 0 fully saturated rings. The standard InChI is InChI=1S/C11H21N3/c1-5-10-8-9(6-7-12)13-14(10)11(2,3)4/h8H,5-7,12H2,1-4H3. The Morgan fingerprint density at radius 1 is 1.43 bits per heavy atom. The van der Waals surface area contributed by atoms with Gasteiger partial charge in [0.25, 0.3) is 0 Å². The zero-order chi connectivity index (χ0) is 10.8. The molecule has 0 saturated carbocycles. The molecular weight excluding hydrogens is 174 g/mol. The molecule has 3 heteroatoms. The van der Waals surface area contributed by atoms with Crippen LogP contribution in [0.4, 0.5) is 0 Å². The molecule has 0 saturated heterocycles. The molecule has 1 aromatic heterocycles. The lowest BCUT2D eigenvalue weighted by molar-refractivity contribution is 0.342. The second-order valence-corrected chi connectivity index (χ2v) is 4.60. The molecule has 2 N–H and O–H groups in total. The van der Waals surface area contributed by atoms with E-state index in [0.29, 0.717) is 6.54 Å². The summed E-state index contributed by atoms with van der Waals surface area (Å²) in [5.41, 5.74) is 7.99. The monoisotopic (exact) mass is 195 g/mol. The van der Waals surface area contributed by atoms with Crippen molar-refractivity contribution in [1.82, 2.24) is 9.78 Å². The maximum Gasteiger partial charge on any atom is 0.0640 e. The zero-order valence-corrected chi connectivity index (χ0v) is 9.67. The fourth-order valence-corrected chi connectivity index (χ4v) is 1.58. The second-order valence-electron chi connectivity index (χ2n) is 4.60. The minimum atomic E-state index is 0.0677. The number of hydrogen-bond acceptors (Lipinski definition) is 2. The molecule has 0 aromatic carbocycles. The van der Waals surface area contributed by atoms with Gasteiger partial charge in [-0.1, -0.05) is 6.92 Å². The van der Waals surface area contributed by atoms with Gasteiger partial charge < -0.3 is 5.73 Å². The fourth-order valence-electron chi connectivity index (χ4n) is 1.58. The predicted octanol–water partition coefficient (Wildman–Crippen LogP) is 1.70. The average molecular weight is 195 g/mol. The van der Waals surface area contributed by atoms with Crippen molar-refractivity contribution in [3.63, 3.8) is 0 Å². The van der Waals surface area contributed by atoms with E-state index in [1.807, 2.05) is 0 Å². The van der Waals surface area contributed by atoms with Gasteiger partial charge in [-0.05, 0) is 39.8 Å². The topological polar surface area (TPSA) is 43.8 Å². The SMILES string of the molecule is CCc1cc(CCN)nn1C(C)(C)C. The first-order valence-corrected chi connectivity index (χ1v) is 5.27. The van der Waals surface area contributed by atoms with Gasteiger partial charge in [-0.25, -0.2) is 0 Å². The largest absolute Gasteiger partial charge is 0.330 e. The highest BCUT2D eigenvalue weighted by molar-refractivity contribution is 5.12. The maximum atomic E-state index is 5.52. The molecule has 1 aromatic rings. The summed E-state index contributed by atoms with van der Waals surface area (Å²) >= 11 is 0. The number of hydrogen-bond donors (Lipinski definition) is 1. The van der Waals surface area contributed by atoms with Crippen LogP contribution >= 0.6 is 0 Å². The minimum absolute atomic E-state index is 0.0677. The Kier molecular flexibility index (Phi) is 3.32. The molecule has 14 heavy (non-hydrogen) atoms. The lowest BCUT2D eigenvalue weighted by Crippen LogP contribution is -2.25. The van der Waals surface area contributed by atoms with Crippen LogP contribution in [0, 0.1) is 0 Å². The van der Waals surface area contributed by atoms with Crippen molar-refractivity contribution in [3.8, 4) is 0 Å². The van der Waals surface area contributed by atoms with Gasteiger partial charge in [0.05, 0.1) is 11.2 Å². The van der Waals surface area contributed by atoms with Crippen molar-refractivity contribution >= 4 is 0 Å². The normalized spacial score (nSPS) is 12.1. The van der Waals surface area contributed by atoms with Crippen LogP contribution in [-0.4, -0.2) is 16.3 Å². The molecular formula is C11H21N3. The van der Waals surface area contributed by atoms with E-state index in [1.165, 1.54) is 5.69 Å². The van der Waals surface area contributed by atoms with Crippen molar-refractivity contribution in [2.45, 2.75) is 46.1 Å². The molecule has 3 nitrogen and oxygen atoms in total. The van der Waals surface area contributed by atoms with Crippen LogP contribution in [0.15, 0.2) is 6.07 Å². The van der Waals surface area contributed by atoms with Gasteiger partial charge in [0.2, 0.25) is 0 Å². The summed E-state index contributed by atoms with van der Waals surface area (Å²) in [6.07, 6.45) is 1.89. The smallest absolute Gasteiger partial charge is 0.0640 e. The Balaban J connectivity index is 3.02. The van der Waals surface area contributed by atoms with Crippen LogP contribution in [-0.2, 0) is 18.4 Å². The third-order valence-electron chi connectivity index (χ3n) is 2.23. The van der Waals surface area contributed by atoms with Gasteiger partial charge in [-0.2, -0.15) is 5.10 Å². The van der Waals surface area contributed by atoms with Crippen LogP contribution in [0.3, 0.4) is 0 Å². The first kappa shape index (κ1) is 11.2. The Morgan fingerprint density at radius 3 is 2.43 bits per heavy atom. The van der Waals surface area contributed by atoms with Crippen molar-refractivity contribution in [2.75, 3.05) is 6.54 Å². The molecule has 0 unspecified atom stereocenters. The average Bonchev–Trinajstić information content (AvgIpc) is 2.47. The molecule has 1 rings (SSSR count). The van der Waals surface area contributed by atoms with E-state index >= 15 is 0 Å². The van der Waals surface area contributed by atoms with Gasteiger partial charge in [-0.15, -0.1) is 0 Å². The van der Waals surface area contributed by atoms with Gasteiger partial charge in [0, 0.05) is 12.1 Å². The Hall–Kier alpha value is -0.830. The quantitative estimate of drug-likeness (QED) is 0.797. The Bertz CT molecular complexity index is 294. The summed E-state index contributed by atoms with van der Waals surface area (Å²) in [6.45, 7) is 9.35. The molecule has 1 heterocycles. The van der Waals surface area contributed by atoms with E-state index in [2.05, 4.69) is 43.5 Å². The number of nitrogens with two attached hydrogens (primary N) is 1. The van der Waals surface area contributed by atoms with Crippen LogP contribution < -0.4 is 5.73 Å². The zero-order valence-electron chi connectivity index (χ0n) is 9.67. The van der Waals surface area contributed by atoms with Crippen LogP contribution in [0.2, 0.25) is 0 Å². The molecule has 0 amide bonds. The summed E-state index contributed by atoms with van der Waals surface area (Å²) in [4.78, 5) is 0. The Labute approximate surface area is 86.3 Å². The van der Waals surface area contributed by atoms with Crippen molar-refractivity contribution in [1.29, 1.82) is 0 Å². The van der Waals surface area contributed by atoms with Crippen LogP contribution in [0.25, 0.3) is 0 Å². The summed E-state index contributed by atoms with van der Waals surface area (Å²) < 4.78 is 2.11. The van der Waals surface area contributed by atoms with Crippen LogP contribution in [0.1, 0.15) is 39.1 Å². The molecule has 0 atom stereocenters. The highest BCUT2D eigenvalue weighted by atomic mass is 15.3. The van der Waals surface area contributed by atoms with Crippen LogP contribution in [0.5, 0.6) is 0 Å². The molecule has 0 bridgehead atoms. The molecule has 0 radical (unpaired) electrons. The van der Waals surface area contributed by atoms with Gasteiger partial charge >= 0.3 is 0 Å². The van der Waals surface area contributed by atoms with E-state index in [4.69, 9.17) is 5.73 Å². The van der Waals surface area contributed by atoms with Gasteiger partial charge in [-0.3, -0.25) is 4.68 Å². The summed E-state index contributed by atoms with van der Waals surface area (Å²) in [7, 11) is 0. The Morgan fingerprint density at radius 2 is 2.07 bits per heavy atom. The van der Waals surface area contributed by atoms with Crippen molar-refractivity contribution in [2.24, 2.45) is 5.73 Å². The third-order valence-corrected chi connectivity index (χ3v) is 2.23. The van der Waals surface area contributed by atoms with E-state index < -0.39 is 0 Å². The molecule has 0 spiro atoms. The number of aryl methyl sites for hydroxylation is 1. The summed E-state index contributed by atoms with van der Waals surface area (Å²) in [6, 6.07) is 2.16. The third kappa shape index (κ3) is 2.35. The highest BCUT2D eigenvalue weighted by Crippen LogP contribution is 2.17. The second kappa shape index (κ2) is 4.13. The van der Waals surface area contributed by atoms with Crippen molar-refractivity contribution in [3.05, 3.63) is 17.5 Å². The summed E-state index contributed by atoms with van der Waals surface area (Å²) in [5, 5.41) is 4.58. The predicted molar refractivity (Wildman–Crippen MR) is 59.4 cm³/mol. The number of aromatic nitrogens is 2. The fraction of sp³-hybridized carbons (Fsp3) is 0.727. The number of rotatable bonds is 3. The van der Waals surface area contributed by atoms with Gasteiger partial charge in [0.15, 0.2) is 0 Å². The highest BCUT2D eigenvalue weighted by Gasteiger charge is 2.18. The molecule has 0 aliphatic heterocycles. The molecule has 80 valence electrons. The first-order chi connectivity index (χ1) is 6.49. The lowest BCUT2D eigenvalue weighted by Gasteiger charge is -2.22. The van der Waals surface area contributed by atoms with E-state index in [0.717, 1.165) is 18.5 Å². The van der Waals surface area contributed by atoms with Gasteiger partial charge in [0.1, 0.15) is 0 Å². The molecule has 0 aliphatic rings. The van der Waals surface area contributed by atoms with E-state index in [1.54, 1.807) is 0 Å². The van der Waals surface area contributed by atoms with Crippen molar-refractivity contribution < 1.29 is 0 Å². The van der Waals surface area contributed by atoms with E-state index in [9.17, 15) is 0 Å². The maximum absolute atomic E-state index is 5.52. The summed E-state index contributed by atoms with van der Waals surface area (Å²) in [5.74, 6) is 0. The first-order valence-electron chi connectivity index (χ1n) is 5.27.